The highest BCUT2D eigenvalue weighted by atomic mass is 32.1. The molecule has 3 rings (SSSR count). The first kappa shape index (κ1) is 14.7. The predicted molar refractivity (Wildman–Crippen MR) is 90.3 cm³/mol. The molecule has 114 valence electrons. The molecule has 0 radical (unpaired) electrons. The molecule has 1 fully saturated rings. The van der Waals surface area contributed by atoms with Crippen LogP contribution in [0.4, 0.5) is 5.82 Å². The Morgan fingerprint density at radius 1 is 1.38 bits per heavy atom. The summed E-state index contributed by atoms with van der Waals surface area (Å²) in [6, 6.07) is 1.07. The third-order valence-corrected chi connectivity index (χ3v) is 5.26. The molecule has 1 N–H and O–H groups in total. The monoisotopic (exact) mass is 304 g/mol. The summed E-state index contributed by atoms with van der Waals surface area (Å²) in [5, 5.41) is 5.78. The molecule has 1 atom stereocenters. The summed E-state index contributed by atoms with van der Waals surface area (Å²) in [5.41, 5.74) is 2.37. The first-order chi connectivity index (χ1) is 10.2. The minimum absolute atomic E-state index is 0.531. The van der Waals surface area contributed by atoms with Gasteiger partial charge < -0.3 is 10.2 Å². The molecule has 0 aromatic carbocycles. The molecular weight excluding hydrogens is 280 g/mol. The van der Waals surface area contributed by atoms with E-state index in [1.54, 1.807) is 17.7 Å². The summed E-state index contributed by atoms with van der Waals surface area (Å²) in [5.74, 6) is 1.13. The number of anilines is 1. The highest BCUT2D eigenvalue weighted by molar-refractivity contribution is 7.18. The van der Waals surface area contributed by atoms with Crippen molar-refractivity contribution < 1.29 is 0 Å². The van der Waals surface area contributed by atoms with E-state index in [2.05, 4.69) is 46.3 Å². The highest BCUT2D eigenvalue weighted by Gasteiger charge is 2.25. The molecule has 0 aliphatic carbocycles. The number of hydrogen-bond acceptors (Lipinski definition) is 5. The average molecular weight is 304 g/mol. The van der Waals surface area contributed by atoms with Crippen molar-refractivity contribution in [3.8, 4) is 0 Å². The number of aromatic nitrogens is 2. The molecule has 4 nitrogen and oxygen atoms in total. The van der Waals surface area contributed by atoms with Crippen LogP contribution >= 0.6 is 11.3 Å². The second-order valence-corrected chi connectivity index (χ2v) is 7.08. The van der Waals surface area contributed by atoms with Crippen LogP contribution in [0.5, 0.6) is 0 Å². The SMILES string of the molecule is Cc1csc2c(N3CCCCC3CNC(C)C)ncnc12. The Kier molecular flexibility index (Phi) is 4.40. The molecule has 21 heavy (non-hydrogen) atoms. The van der Waals surface area contributed by atoms with Crippen LogP contribution in [0, 0.1) is 6.92 Å². The second-order valence-electron chi connectivity index (χ2n) is 6.20. The summed E-state index contributed by atoms with van der Waals surface area (Å²) in [7, 11) is 0. The molecule has 2 aromatic heterocycles. The lowest BCUT2D eigenvalue weighted by molar-refractivity contribution is 0.419. The average Bonchev–Trinajstić information content (AvgIpc) is 2.87. The summed E-state index contributed by atoms with van der Waals surface area (Å²) in [6.07, 6.45) is 5.54. The zero-order valence-corrected chi connectivity index (χ0v) is 13.9. The van der Waals surface area contributed by atoms with Crippen molar-refractivity contribution in [2.45, 2.75) is 52.1 Å². The van der Waals surface area contributed by atoms with Crippen LogP contribution in [0.3, 0.4) is 0 Å². The van der Waals surface area contributed by atoms with E-state index in [-0.39, 0.29) is 0 Å². The molecule has 0 saturated carbocycles. The quantitative estimate of drug-likeness (QED) is 0.940. The van der Waals surface area contributed by atoms with E-state index in [0.29, 0.717) is 12.1 Å². The lowest BCUT2D eigenvalue weighted by atomic mass is 10.0. The molecule has 1 aliphatic rings. The highest BCUT2D eigenvalue weighted by Crippen LogP contribution is 2.33. The minimum atomic E-state index is 0.531. The third kappa shape index (κ3) is 3.04. The van der Waals surface area contributed by atoms with Crippen molar-refractivity contribution in [1.29, 1.82) is 0 Å². The van der Waals surface area contributed by atoms with Gasteiger partial charge in [0.05, 0.1) is 10.2 Å². The number of rotatable bonds is 4. The summed E-state index contributed by atoms with van der Waals surface area (Å²) in [4.78, 5) is 11.6. The number of aryl methyl sites for hydroxylation is 1. The lowest BCUT2D eigenvalue weighted by Crippen LogP contribution is -2.47. The van der Waals surface area contributed by atoms with Crippen LogP contribution < -0.4 is 10.2 Å². The molecule has 3 heterocycles. The largest absolute Gasteiger partial charge is 0.351 e. The van der Waals surface area contributed by atoms with Gasteiger partial charge in [0.1, 0.15) is 12.1 Å². The second kappa shape index (κ2) is 6.28. The van der Waals surface area contributed by atoms with E-state index in [9.17, 15) is 0 Å². The standard InChI is InChI=1S/C16H24N4S/c1-11(2)17-8-13-6-4-5-7-20(13)16-15-14(18-10-19-16)12(3)9-21-15/h9-11,13,17H,4-8H2,1-3H3. The Balaban J connectivity index is 1.91. The zero-order valence-electron chi connectivity index (χ0n) is 13.1. The van der Waals surface area contributed by atoms with Gasteiger partial charge in [-0.25, -0.2) is 9.97 Å². The Hall–Kier alpha value is -1.20. The first-order valence-electron chi connectivity index (χ1n) is 7.85. The van der Waals surface area contributed by atoms with Crippen LogP contribution in [0.15, 0.2) is 11.7 Å². The third-order valence-electron chi connectivity index (χ3n) is 4.17. The Morgan fingerprint density at radius 3 is 3.05 bits per heavy atom. The fraction of sp³-hybridized carbons (Fsp3) is 0.625. The molecule has 1 aliphatic heterocycles. The smallest absolute Gasteiger partial charge is 0.150 e. The molecule has 1 unspecified atom stereocenters. The van der Waals surface area contributed by atoms with Crippen molar-refractivity contribution in [3.63, 3.8) is 0 Å². The van der Waals surface area contributed by atoms with Gasteiger partial charge in [-0.15, -0.1) is 11.3 Å². The Labute approximate surface area is 130 Å². The van der Waals surface area contributed by atoms with Crippen molar-refractivity contribution in [3.05, 3.63) is 17.3 Å². The van der Waals surface area contributed by atoms with Crippen molar-refractivity contribution in [1.82, 2.24) is 15.3 Å². The molecule has 1 saturated heterocycles. The van der Waals surface area contributed by atoms with Crippen LogP contribution in [0.2, 0.25) is 0 Å². The van der Waals surface area contributed by atoms with Crippen molar-refractivity contribution >= 4 is 27.4 Å². The van der Waals surface area contributed by atoms with E-state index >= 15 is 0 Å². The van der Waals surface area contributed by atoms with Gasteiger partial charge in [0.15, 0.2) is 0 Å². The van der Waals surface area contributed by atoms with Gasteiger partial charge in [0, 0.05) is 25.2 Å². The fourth-order valence-corrected chi connectivity index (χ4v) is 4.03. The van der Waals surface area contributed by atoms with E-state index < -0.39 is 0 Å². The predicted octanol–water partition coefficient (Wildman–Crippen LogP) is 3.36. The van der Waals surface area contributed by atoms with Gasteiger partial charge >= 0.3 is 0 Å². The van der Waals surface area contributed by atoms with Gasteiger partial charge in [-0.05, 0) is 37.1 Å². The van der Waals surface area contributed by atoms with Crippen LogP contribution in [-0.2, 0) is 0 Å². The lowest BCUT2D eigenvalue weighted by Gasteiger charge is -2.37. The van der Waals surface area contributed by atoms with Gasteiger partial charge in [0.2, 0.25) is 0 Å². The zero-order chi connectivity index (χ0) is 14.8. The molecule has 0 amide bonds. The molecule has 2 aromatic rings. The molecule has 0 bridgehead atoms. The van der Waals surface area contributed by atoms with Gasteiger partial charge in [0.25, 0.3) is 0 Å². The number of thiophene rings is 1. The maximum absolute atomic E-state index is 4.62. The summed E-state index contributed by atoms with van der Waals surface area (Å²) < 4.78 is 1.24. The van der Waals surface area contributed by atoms with Gasteiger partial charge in [-0.2, -0.15) is 0 Å². The maximum atomic E-state index is 4.62. The van der Waals surface area contributed by atoms with Crippen LogP contribution in [-0.4, -0.2) is 35.1 Å². The molecule has 0 spiro atoms. The first-order valence-corrected chi connectivity index (χ1v) is 8.73. The number of nitrogens with zero attached hydrogens (tertiary/aromatic N) is 3. The maximum Gasteiger partial charge on any atom is 0.150 e. The summed E-state index contributed by atoms with van der Waals surface area (Å²) in [6.45, 7) is 8.68. The van der Waals surface area contributed by atoms with Crippen LogP contribution in [0.25, 0.3) is 10.2 Å². The fourth-order valence-electron chi connectivity index (χ4n) is 3.02. The van der Waals surface area contributed by atoms with Crippen molar-refractivity contribution in [2.24, 2.45) is 0 Å². The number of fused-ring (bicyclic) bond motifs is 1. The van der Waals surface area contributed by atoms with E-state index in [1.807, 2.05) is 0 Å². The normalized spacial score (nSPS) is 19.6. The molecule has 5 heteroatoms. The van der Waals surface area contributed by atoms with E-state index in [0.717, 1.165) is 24.4 Å². The van der Waals surface area contributed by atoms with E-state index in [4.69, 9.17) is 0 Å². The van der Waals surface area contributed by atoms with Gasteiger partial charge in [-0.3, -0.25) is 0 Å². The number of hydrogen-bond donors (Lipinski definition) is 1. The number of nitrogens with one attached hydrogen (secondary N) is 1. The van der Waals surface area contributed by atoms with E-state index in [1.165, 1.54) is 29.5 Å². The van der Waals surface area contributed by atoms with Crippen LogP contribution in [0.1, 0.15) is 38.7 Å². The summed E-state index contributed by atoms with van der Waals surface area (Å²) >= 11 is 1.77. The minimum Gasteiger partial charge on any atom is -0.351 e. The Morgan fingerprint density at radius 2 is 2.24 bits per heavy atom. The van der Waals surface area contributed by atoms with Gasteiger partial charge in [-0.1, -0.05) is 13.8 Å². The Bertz CT molecular complexity index is 607. The van der Waals surface area contributed by atoms with Crippen molar-refractivity contribution in [2.75, 3.05) is 18.0 Å². The number of piperidine rings is 1. The topological polar surface area (TPSA) is 41.0 Å². The molecular formula is C16H24N4S.